The highest BCUT2D eigenvalue weighted by Gasteiger charge is 2.47. The smallest absolute Gasteiger partial charge is 0.340 e. The number of alkyl halides is 6. The average molecular weight is 802 g/mol. The molecule has 0 saturated heterocycles. The number of hydrogen-bond acceptors (Lipinski definition) is 12. The molecule has 0 amide bonds. The summed E-state index contributed by atoms with van der Waals surface area (Å²) in [7, 11) is 0. The van der Waals surface area contributed by atoms with Crippen molar-refractivity contribution in [1.29, 1.82) is 0 Å². The topological polar surface area (TPSA) is 147 Å². The van der Waals surface area contributed by atoms with Crippen LogP contribution in [0.4, 0.5) is 5.69 Å². The van der Waals surface area contributed by atoms with Gasteiger partial charge in [-0.1, -0.05) is 69.6 Å². The van der Waals surface area contributed by atoms with E-state index in [0.717, 1.165) is 4.90 Å². The Morgan fingerprint density at radius 1 is 0.705 bits per heavy atom. The van der Waals surface area contributed by atoms with Gasteiger partial charge in [0, 0.05) is 10.0 Å². The molecular formula is C25H25BrCl6N4O8. The van der Waals surface area contributed by atoms with Crippen LogP contribution in [0.15, 0.2) is 22.7 Å². The van der Waals surface area contributed by atoms with E-state index in [2.05, 4.69) is 30.9 Å². The molecule has 1 aromatic heterocycles. The number of hydrogen-bond donors (Lipinski definition) is 0. The number of ether oxygens (including phenoxy) is 4. The molecule has 0 aliphatic carbocycles. The fourth-order valence-corrected chi connectivity index (χ4v) is 4.66. The van der Waals surface area contributed by atoms with Crippen molar-refractivity contribution in [1.82, 2.24) is 15.0 Å². The number of anilines is 1. The van der Waals surface area contributed by atoms with E-state index >= 15 is 0 Å². The standard InChI is InChI=1S/C25H25BrCl6N4O8/c1-5-41-18(37)15(19(38)42-6-2)36(16(20(39)43-7-3)21(40)44-8-4)14-10-9-12(11-13(14)26)17-33-22(24(27,28)29)35-23(34-17)25(30,31)32/h9-11,15-16H,5-8H2,1-4H3. The Morgan fingerprint density at radius 2 is 1.07 bits per heavy atom. The summed E-state index contributed by atoms with van der Waals surface area (Å²) < 4.78 is 16.3. The van der Waals surface area contributed by atoms with Gasteiger partial charge in [0.2, 0.25) is 19.7 Å². The highest BCUT2D eigenvalue weighted by Crippen LogP contribution is 2.41. The zero-order valence-corrected chi connectivity index (χ0v) is 29.5. The molecule has 0 radical (unpaired) electrons. The fourth-order valence-electron chi connectivity index (χ4n) is 3.57. The van der Waals surface area contributed by atoms with Crippen molar-refractivity contribution in [2.24, 2.45) is 0 Å². The predicted molar refractivity (Wildman–Crippen MR) is 168 cm³/mol. The third kappa shape index (κ3) is 9.81. The summed E-state index contributed by atoms with van der Waals surface area (Å²) in [6.45, 7) is 5.49. The summed E-state index contributed by atoms with van der Waals surface area (Å²) in [5.41, 5.74) is 0.185. The molecule has 242 valence electrons. The summed E-state index contributed by atoms with van der Waals surface area (Å²) in [6.07, 6.45) is 0. The minimum absolute atomic E-state index is 0.0387. The van der Waals surface area contributed by atoms with E-state index in [9.17, 15) is 19.2 Å². The summed E-state index contributed by atoms with van der Waals surface area (Å²) in [4.78, 5) is 66.0. The lowest BCUT2D eigenvalue weighted by Gasteiger charge is -2.35. The van der Waals surface area contributed by atoms with Crippen molar-refractivity contribution >= 4 is 115 Å². The van der Waals surface area contributed by atoms with Gasteiger partial charge in [0.15, 0.2) is 17.5 Å². The molecule has 0 fully saturated rings. The van der Waals surface area contributed by atoms with Crippen molar-refractivity contribution in [2.75, 3.05) is 31.3 Å². The molecule has 0 aliphatic heterocycles. The van der Waals surface area contributed by atoms with Gasteiger partial charge in [0.05, 0.1) is 32.1 Å². The molecule has 2 aromatic rings. The lowest BCUT2D eigenvalue weighted by atomic mass is 10.1. The summed E-state index contributed by atoms with van der Waals surface area (Å²) >= 11 is 39.3. The maximum atomic E-state index is 13.2. The maximum absolute atomic E-state index is 13.2. The lowest BCUT2D eigenvalue weighted by molar-refractivity contribution is -0.159. The monoisotopic (exact) mass is 798 g/mol. The minimum atomic E-state index is -2.13. The Balaban J connectivity index is 2.90. The molecular weight excluding hydrogens is 777 g/mol. The Hall–Kier alpha value is -1.87. The Labute approximate surface area is 291 Å². The average Bonchev–Trinajstić information content (AvgIpc) is 2.92. The van der Waals surface area contributed by atoms with Crippen molar-refractivity contribution in [2.45, 2.75) is 47.4 Å². The van der Waals surface area contributed by atoms with Crippen molar-refractivity contribution in [3.8, 4) is 11.4 Å². The molecule has 44 heavy (non-hydrogen) atoms. The van der Waals surface area contributed by atoms with Crippen LogP contribution in [0.25, 0.3) is 11.4 Å². The quantitative estimate of drug-likeness (QED) is 0.111. The molecule has 0 saturated carbocycles. The van der Waals surface area contributed by atoms with E-state index in [-0.39, 0.29) is 59.6 Å². The number of halogens is 7. The molecule has 12 nitrogen and oxygen atoms in total. The van der Waals surface area contributed by atoms with E-state index in [1.807, 2.05) is 0 Å². The van der Waals surface area contributed by atoms with E-state index < -0.39 is 43.5 Å². The van der Waals surface area contributed by atoms with Gasteiger partial charge in [-0.3, -0.25) is 0 Å². The highest BCUT2D eigenvalue weighted by atomic mass is 79.9. The summed E-state index contributed by atoms with van der Waals surface area (Å²) in [5.74, 6) is -5.28. The Morgan fingerprint density at radius 3 is 1.36 bits per heavy atom. The van der Waals surface area contributed by atoms with Crippen molar-refractivity contribution in [3.63, 3.8) is 0 Å². The first kappa shape index (κ1) is 38.3. The van der Waals surface area contributed by atoms with Crippen LogP contribution in [0.2, 0.25) is 0 Å². The largest absolute Gasteiger partial charge is 0.464 e. The predicted octanol–water partition coefficient (Wildman–Crippen LogP) is 5.75. The number of esters is 4. The van der Waals surface area contributed by atoms with E-state index in [0.29, 0.717) is 0 Å². The first-order chi connectivity index (χ1) is 20.5. The van der Waals surface area contributed by atoms with Gasteiger partial charge < -0.3 is 23.8 Å². The Kier molecular flexibility index (Phi) is 14.5. The van der Waals surface area contributed by atoms with Crippen molar-refractivity contribution < 1.29 is 38.1 Å². The first-order valence-electron chi connectivity index (χ1n) is 12.7. The zero-order valence-electron chi connectivity index (χ0n) is 23.4. The third-order valence-electron chi connectivity index (χ3n) is 5.22. The number of carbonyl (C=O) groups is 4. The lowest BCUT2D eigenvalue weighted by Crippen LogP contribution is -2.59. The van der Waals surface area contributed by atoms with Gasteiger partial charge in [0.1, 0.15) is 0 Å². The van der Waals surface area contributed by atoms with Gasteiger partial charge in [-0.05, 0) is 61.8 Å². The van der Waals surface area contributed by atoms with Crippen LogP contribution >= 0.6 is 85.5 Å². The number of aromatic nitrogens is 3. The zero-order chi connectivity index (χ0) is 33.4. The number of carbonyl (C=O) groups excluding carboxylic acids is 4. The van der Waals surface area contributed by atoms with E-state index in [1.54, 1.807) is 0 Å². The van der Waals surface area contributed by atoms with E-state index in [1.165, 1.54) is 45.9 Å². The maximum Gasteiger partial charge on any atom is 0.340 e. The second kappa shape index (κ2) is 16.6. The first-order valence-corrected chi connectivity index (χ1v) is 15.7. The van der Waals surface area contributed by atoms with Crippen LogP contribution in [0, 0.1) is 0 Å². The van der Waals surface area contributed by atoms with Gasteiger partial charge in [-0.25, -0.2) is 34.1 Å². The molecule has 0 aliphatic rings. The number of nitrogens with zero attached hydrogens (tertiary/aromatic N) is 4. The number of benzene rings is 1. The van der Waals surface area contributed by atoms with Gasteiger partial charge >= 0.3 is 23.9 Å². The second-order valence-electron chi connectivity index (χ2n) is 8.19. The molecule has 1 aromatic carbocycles. The summed E-state index contributed by atoms with van der Waals surface area (Å²) in [6, 6.07) is 0.222. The van der Waals surface area contributed by atoms with Crippen LogP contribution in [0.3, 0.4) is 0 Å². The second-order valence-corrected chi connectivity index (χ2v) is 13.6. The fraction of sp³-hybridized carbons (Fsp3) is 0.480. The van der Waals surface area contributed by atoms with Crippen molar-refractivity contribution in [3.05, 3.63) is 34.3 Å². The normalized spacial score (nSPS) is 11.8. The molecule has 0 unspecified atom stereocenters. The van der Waals surface area contributed by atoms with Crippen LogP contribution in [0.5, 0.6) is 0 Å². The van der Waals surface area contributed by atoms with Crippen LogP contribution in [-0.4, -0.2) is 77.3 Å². The van der Waals surface area contributed by atoms with Gasteiger partial charge in [-0.2, -0.15) is 0 Å². The Bertz CT molecular complexity index is 1270. The highest BCUT2D eigenvalue weighted by molar-refractivity contribution is 9.10. The van der Waals surface area contributed by atoms with Crippen LogP contribution in [-0.2, 0) is 45.7 Å². The number of rotatable bonds is 12. The van der Waals surface area contributed by atoms with E-state index in [4.69, 9.17) is 88.6 Å². The molecule has 0 spiro atoms. The molecule has 2 rings (SSSR count). The van der Waals surface area contributed by atoms with Crippen LogP contribution < -0.4 is 4.90 Å². The molecule has 0 bridgehead atoms. The molecule has 0 N–H and O–H groups in total. The molecule has 1 heterocycles. The minimum Gasteiger partial charge on any atom is -0.464 e. The third-order valence-corrected chi connectivity index (χ3v) is 6.87. The van der Waals surface area contributed by atoms with Gasteiger partial charge in [0.25, 0.3) is 0 Å². The summed E-state index contributed by atoms with van der Waals surface area (Å²) in [5, 5.41) is 0. The van der Waals surface area contributed by atoms with Crippen LogP contribution in [0.1, 0.15) is 39.3 Å². The molecule has 0 atom stereocenters. The SMILES string of the molecule is CCOC(=O)C(C(=O)OCC)N(c1ccc(-c2nc(C(Cl)(Cl)Cl)nc(C(Cl)(Cl)Cl)n2)cc1Br)C(C(=O)OCC)C(=O)OCC. The van der Waals surface area contributed by atoms with Gasteiger partial charge in [-0.15, -0.1) is 0 Å². The molecule has 19 heteroatoms.